The fraction of sp³-hybridized carbons (Fsp3) is 0.200. The number of aromatic nitrogens is 1. The van der Waals surface area contributed by atoms with Gasteiger partial charge in [0.05, 0.1) is 21.9 Å². The first kappa shape index (κ1) is 27.1. The van der Waals surface area contributed by atoms with Crippen molar-refractivity contribution in [2.24, 2.45) is 5.73 Å². The van der Waals surface area contributed by atoms with Crippen LogP contribution in [-0.2, 0) is 14.3 Å². The van der Waals surface area contributed by atoms with Crippen molar-refractivity contribution in [3.05, 3.63) is 40.6 Å². The van der Waals surface area contributed by atoms with Crippen molar-refractivity contribution >= 4 is 52.2 Å². The van der Waals surface area contributed by atoms with Gasteiger partial charge in [-0.1, -0.05) is 12.1 Å². The molecule has 182 valence electrons. The number of ether oxygens (including phenoxy) is 2. The van der Waals surface area contributed by atoms with Crippen molar-refractivity contribution < 1.29 is 37.3 Å². The highest BCUT2D eigenvalue weighted by atomic mass is 32.2. The number of thioether (sulfide) groups is 1. The number of esters is 1. The molecule has 0 aliphatic heterocycles. The Labute approximate surface area is 204 Å². The summed E-state index contributed by atoms with van der Waals surface area (Å²) in [6.07, 6.45) is -3.09. The molecule has 3 aromatic rings. The molecule has 0 amide bonds. The van der Waals surface area contributed by atoms with Gasteiger partial charge < -0.3 is 20.3 Å². The smallest absolute Gasteiger partial charge is 0.482 e. The maximum atomic E-state index is 11.2. The van der Waals surface area contributed by atoms with E-state index in [4.69, 9.17) is 30.8 Å². The van der Waals surface area contributed by atoms with Gasteiger partial charge in [-0.3, -0.25) is 5.41 Å². The minimum absolute atomic E-state index is 0.0637. The SMILES string of the molecule is COC(=O)COc1cccc(-c2csc(-c3cc(C(=N)N)sc3SC)n2)c1.O=C(O)C(F)(F)F. The normalized spacial score (nSPS) is 10.7. The van der Waals surface area contributed by atoms with Gasteiger partial charge in [0.1, 0.15) is 16.6 Å². The van der Waals surface area contributed by atoms with Crippen LogP contribution in [-0.4, -0.2) is 54.0 Å². The number of halogens is 3. The van der Waals surface area contributed by atoms with Gasteiger partial charge in [0.2, 0.25) is 0 Å². The minimum Gasteiger partial charge on any atom is -0.482 e. The number of carbonyl (C=O) groups excluding carboxylic acids is 1. The van der Waals surface area contributed by atoms with E-state index in [1.54, 1.807) is 17.8 Å². The molecule has 14 heteroatoms. The molecule has 2 aromatic heterocycles. The summed E-state index contributed by atoms with van der Waals surface area (Å²) in [5, 5.41) is 17.6. The molecule has 4 N–H and O–H groups in total. The van der Waals surface area contributed by atoms with Gasteiger partial charge >= 0.3 is 18.1 Å². The lowest BCUT2D eigenvalue weighted by atomic mass is 10.1. The topological polar surface area (TPSA) is 136 Å². The monoisotopic (exact) mass is 533 g/mol. The molecular weight excluding hydrogens is 515 g/mol. The summed E-state index contributed by atoms with van der Waals surface area (Å²) in [7, 11) is 1.32. The molecule has 0 radical (unpaired) electrons. The van der Waals surface area contributed by atoms with Crippen molar-refractivity contribution in [3.8, 4) is 27.6 Å². The molecular formula is C20H18F3N3O5S3. The summed E-state index contributed by atoms with van der Waals surface area (Å²) in [4.78, 5) is 25.6. The minimum atomic E-state index is -5.08. The van der Waals surface area contributed by atoms with Gasteiger partial charge in [0, 0.05) is 16.5 Å². The van der Waals surface area contributed by atoms with Crippen LogP contribution in [0.15, 0.2) is 39.9 Å². The number of aliphatic carboxylic acids is 1. The van der Waals surface area contributed by atoms with Crippen molar-refractivity contribution in [3.63, 3.8) is 0 Å². The highest BCUT2D eigenvalue weighted by Crippen LogP contribution is 2.40. The molecule has 2 heterocycles. The molecule has 0 aliphatic carbocycles. The number of methoxy groups -OCH3 is 1. The Bertz CT molecular complexity index is 1180. The fourth-order valence-corrected chi connectivity index (χ4v) is 4.99. The number of nitrogens with one attached hydrogen (secondary N) is 1. The van der Waals surface area contributed by atoms with Gasteiger partial charge in [-0.15, -0.1) is 34.4 Å². The van der Waals surface area contributed by atoms with Gasteiger partial charge in [0.15, 0.2) is 6.61 Å². The standard InChI is InChI=1S/C18H17N3O3S3.C2HF3O2/c1-23-15(22)8-24-11-5-3-4-10(6-11)13-9-26-17(21-13)12-7-14(16(19)20)27-18(12)25-2;3-2(4,5)1(6)7/h3-7,9H,8H2,1-2H3,(H3,19,20);(H,6,7). The van der Waals surface area contributed by atoms with Crippen molar-refractivity contribution in [1.29, 1.82) is 5.41 Å². The van der Waals surface area contributed by atoms with Crippen LogP contribution >= 0.6 is 34.4 Å². The van der Waals surface area contributed by atoms with Crippen LogP contribution in [0.2, 0.25) is 0 Å². The van der Waals surface area contributed by atoms with E-state index in [1.165, 1.54) is 29.8 Å². The number of carboxylic acids is 1. The zero-order chi connectivity index (χ0) is 25.5. The number of hydrogen-bond acceptors (Lipinski definition) is 9. The molecule has 0 atom stereocenters. The van der Waals surface area contributed by atoms with Crippen molar-refractivity contribution in [1.82, 2.24) is 4.98 Å². The van der Waals surface area contributed by atoms with Crippen LogP contribution in [0, 0.1) is 5.41 Å². The fourth-order valence-electron chi connectivity index (χ4n) is 2.28. The summed E-state index contributed by atoms with van der Waals surface area (Å²) >= 11 is 4.65. The van der Waals surface area contributed by atoms with Crippen LogP contribution in [0.25, 0.3) is 21.8 Å². The molecule has 0 bridgehead atoms. The third-order valence-electron chi connectivity index (χ3n) is 3.84. The molecule has 0 aliphatic rings. The van der Waals surface area contributed by atoms with Crippen LogP contribution in [0.4, 0.5) is 13.2 Å². The van der Waals surface area contributed by atoms with E-state index in [0.29, 0.717) is 5.75 Å². The van der Waals surface area contributed by atoms with Crippen LogP contribution in [0.3, 0.4) is 0 Å². The number of nitrogens with zero attached hydrogens (tertiary/aromatic N) is 1. The van der Waals surface area contributed by atoms with Crippen LogP contribution < -0.4 is 10.5 Å². The van der Waals surface area contributed by atoms with Gasteiger partial charge in [-0.2, -0.15) is 13.2 Å². The lowest BCUT2D eigenvalue weighted by molar-refractivity contribution is -0.192. The second kappa shape index (κ2) is 11.9. The summed E-state index contributed by atoms with van der Waals surface area (Å²) in [6, 6.07) is 9.33. The van der Waals surface area contributed by atoms with E-state index in [9.17, 15) is 18.0 Å². The molecule has 34 heavy (non-hydrogen) atoms. The quantitative estimate of drug-likeness (QED) is 0.172. The first-order valence-corrected chi connectivity index (χ1v) is 12.0. The second-order valence-corrected chi connectivity index (χ2v) is 9.15. The number of carbonyl (C=O) groups is 2. The molecule has 0 saturated heterocycles. The summed E-state index contributed by atoms with van der Waals surface area (Å²) in [5.74, 6) is -2.55. The molecule has 8 nitrogen and oxygen atoms in total. The maximum absolute atomic E-state index is 11.2. The Kier molecular flexibility index (Phi) is 9.46. The third kappa shape index (κ3) is 7.46. The van der Waals surface area contributed by atoms with Gasteiger partial charge in [-0.25, -0.2) is 14.6 Å². The number of alkyl halides is 3. The molecule has 1 aromatic carbocycles. The third-order valence-corrected chi connectivity index (χ3v) is 7.02. The van der Waals surface area contributed by atoms with Crippen molar-refractivity contribution in [2.45, 2.75) is 10.4 Å². The van der Waals surface area contributed by atoms with E-state index < -0.39 is 18.1 Å². The Morgan fingerprint density at radius 2 is 1.97 bits per heavy atom. The number of nitrogen functional groups attached to an aromatic ring is 1. The molecule has 0 fully saturated rings. The first-order chi connectivity index (χ1) is 16.0. The van der Waals surface area contributed by atoms with Crippen molar-refractivity contribution in [2.75, 3.05) is 20.0 Å². The number of rotatable bonds is 7. The maximum Gasteiger partial charge on any atom is 0.490 e. The lowest BCUT2D eigenvalue weighted by Crippen LogP contribution is -2.21. The summed E-state index contributed by atoms with van der Waals surface area (Å²) in [5.41, 5.74) is 8.33. The predicted molar refractivity (Wildman–Crippen MR) is 125 cm³/mol. The Morgan fingerprint density at radius 1 is 1.29 bits per heavy atom. The van der Waals surface area contributed by atoms with E-state index in [1.807, 2.05) is 35.9 Å². The number of thiophene rings is 1. The zero-order valence-corrected chi connectivity index (χ0v) is 20.1. The lowest BCUT2D eigenvalue weighted by Gasteiger charge is -2.05. The first-order valence-electron chi connectivity index (χ1n) is 9.04. The number of carboxylic acid groups (broad SMARTS) is 1. The highest BCUT2D eigenvalue weighted by Gasteiger charge is 2.38. The molecule has 3 rings (SSSR count). The largest absolute Gasteiger partial charge is 0.490 e. The predicted octanol–water partition coefficient (Wildman–Crippen LogP) is 4.73. The van der Waals surface area contributed by atoms with E-state index >= 15 is 0 Å². The Hall–Kier alpha value is -3.10. The number of amidine groups is 1. The van der Waals surface area contributed by atoms with Crippen LogP contribution in [0.1, 0.15) is 4.88 Å². The van der Waals surface area contributed by atoms with E-state index in [-0.39, 0.29) is 12.4 Å². The summed E-state index contributed by atoms with van der Waals surface area (Å²) in [6.45, 7) is -0.137. The number of nitrogens with two attached hydrogens (primary N) is 1. The number of hydrogen-bond donors (Lipinski definition) is 3. The molecule has 0 unspecified atom stereocenters. The Balaban J connectivity index is 0.000000509. The number of benzene rings is 1. The Morgan fingerprint density at radius 3 is 2.53 bits per heavy atom. The van der Waals surface area contributed by atoms with Crippen LogP contribution in [0.5, 0.6) is 5.75 Å². The average molecular weight is 534 g/mol. The molecule has 0 spiro atoms. The average Bonchev–Trinajstić information content (AvgIpc) is 3.44. The van der Waals surface area contributed by atoms with Gasteiger partial charge in [0.25, 0.3) is 0 Å². The van der Waals surface area contributed by atoms with E-state index in [2.05, 4.69) is 4.74 Å². The zero-order valence-electron chi connectivity index (χ0n) is 17.6. The number of thiazole rings is 1. The van der Waals surface area contributed by atoms with E-state index in [0.717, 1.165) is 30.9 Å². The van der Waals surface area contributed by atoms with Gasteiger partial charge in [-0.05, 0) is 24.5 Å². The second-order valence-electron chi connectivity index (χ2n) is 6.16. The molecule has 0 saturated carbocycles. The highest BCUT2D eigenvalue weighted by molar-refractivity contribution is 8.00. The summed E-state index contributed by atoms with van der Waals surface area (Å²) < 4.78 is 42.8.